The molecular formula is C56H92FIN6O14. The number of ketones is 1. The highest BCUT2D eigenvalue weighted by Crippen LogP contribution is 2.42. The van der Waals surface area contributed by atoms with Gasteiger partial charge >= 0.3 is 5.97 Å². The molecule has 1 amide bonds. The van der Waals surface area contributed by atoms with Crippen LogP contribution in [-0.2, 0) is 52.3 Å². The lowest BCUT2D eigenvalue weighted by molar-refractivity contribution is -0.309. The van der Waals surface area contributed by atoms with Gasteiger partial charge in [-0.25, -0.2) is 10.2 Å². The van der Waals surface area contributed by atoms with Gasteiger partial charge in [0.1, 0.15) is 36.3 Å². The number of alkyl halides is 2. The second-order valence-electron chi connectivity index (χ2n) is 22.9. The predicted molar refractivity (Wildman–Crippen MR) is 301 cm³/mol. The Morgan fingerprint density at radius 1 is 0.936 bits per heavy atom. The molecule has 4 heterocycles. The molecule has 0 unspecified atom stereocenters. The highest BCUT2D eigenvalue weighted by molar-refractivity contribution is 14.1. The summed E-state index contributed by atoms with van der Waals surface area (Å²) >= 11 is 1.77. The number of nitrogens with two attached hydrogens (primary N) is 1. The number of ether oxygens (including phenoxy) is 8. The SMILES string of the molecule is C=N/C(=C\N(N)[C@H](CF)[C@H](OC)c1ccc(N2CCN(C(C)=O)CC2)cc1)CCN(C)[C@@H]1C[C@H](O[C@@H]2[C@@H](C)[C@H](O[C@H]3C[C@@](C)(OC)[C@@H](O)[C@H](C)O3)[C@@H](C)C(=O)O[C@H](I)[C@@](C)(O)[C@H](O)[C@@H](C)C(=O)[C@H](C)C[C@@]2(C)OC)O[C@H](C)C1. The fraction of sp³-hybridized carbons (Fsp3) is 0.786. The Balaban J connectivity index is 1.38. The molecule has 22 heteroatoms. The van der Waals surface area contributed by atoms with Gasteiger partial charge in [-0.05, 0) is 108 Å². The van der Waals surface area contributed by atoms with Crippen molar-refractivity contribution in [2.24, 2.45) is 34.5 Å². The number of benzene rings is 1. The standard InChI is InChI=1S/C56H92FIN6O14/c1-32-28-55(9,73-15)51(35(4)47(76-45-29-54(8,72-14)50(68)37(6)75-45)36(5)52(69)78-53(58)56(10,70)49(67)34(3)46(32)66)77-44-27-42(26-33(2)74-44)61(12)21-20-40(60-11)31-64(59)43(30-57)48(71-13)39-16-18-41(19-17-39)63-24-22-62(23-25-63)38(7)65/h16-19,31-37,42-45,47-51,53,67-68,70H,11,20-30,59H2,1-10,12-15H3/b40-31-/t32-,33-,34+,35+,36-,37+,42+,43-,44+,45+,47+,48-,49-,50+,51-,53+,54-,55-,56+/m1/s1. The topological polar surface area (TPSA) is 237 Å². The fourth-order valence-corrected chi connectivity index (χ4v) is 12.4. The number of aliphatic hydroxyl groups excluding tert-OH is 2. The fourth-order valence-electron chi connectivity index (χ4n) is 11.8. The van der Waals surface area contributed by atoms with Crippen molar-refractivity contribution < 1.29 is 72.0 Å². The van der Waals surface area contributed by atoms with Crippen LogP contribution in [0.4, 0.5) is 10.1 Å². The number of hydrazine groups is 1. The van der Waals surface area contributed by atoms with E-state index in [4.69, 9.17) is 43.7 Å². The van der Waals surface area contributed by atoms with Gasteiger partial charge in [0.2, 0.25) is 5.91 Å². The summed E-state index contributed by atoms with van der Waals surface area (Å²) in [5.41, 5.74) is -2.06. The number of aliphatic imine (C=N–C) groups is 1. The number of Topliss-reactive ketones (excluding diaryl/α,β-unsaturated/α-hetero) is 1. The zero-order chi connectivity index (χ0) is 58.2. The highest BCUT2D eigenvalue weighted by atomic mass is 127. The maximum absolute atomic E-state index is 15.0. The van der Waals surface area contributed by atoms with E-state index in [0.29, 0.717) is 57.7 Å². The van der Waals surface area contributed by atoms with Gasteiger partial charge in [-0.3, -0.25) is 19.4 Å². The molecule has 0 aromatic heterocycles. The lowest BCUT2D eigenvalue weighted by Gasteiger charge is -2.49. The summed E-state index contributed by atoms with van der Waals surface area (Å²) < 4.78 is 64.6. The van der Waals surface area contributed by atoms with Gasteiger partial charge < -0.3 is 72.9 Å². The number of amides is 1. The average molecular weight is 1220 g/mol. The van der Waals surface area contributed by atoms with Crippen molar-refractivity contribution in [3.05, 3.63) is 41.7 Å². The Labute approximate surface area is 475 Å². The molecule has 4 aliphatic heterocycles. The zero-order valence-electron chi connectivity index (χ0n) is 48.5. The number of carbonyl (C=O) groups is 3. The molecule has 20 nitrogen and oxygen atoms in total. The number of carbonyl (C=O) groups excluding carboxylic acids is 3. The second-order valence-corrected chi connectivity index (χ2v) is 24.0. The molecule has 4 aliphatic rings. The number of esters is 1. The third-order valence-corrected chi connectivity index (χ3v) is 18.7. The first-order valence-corrected chi connectivity index (χ1v) is 28.6. The van der Waals surface area contributed by atoms with E-state index in [1.165, 1.54) is 33.3 Å². The molecule has 4 fully saturated rings. The van der Waals surface area contributed by atoms with E-state index in [1.807, 2.05) is 57.0 Å². The van der Waals surface area contributed by atoms with Crippen molar-refractivity contribution in [1.29, 1.82) is 0 Å². The average Bonchev–Trinajstić information content (AvgIpc) is 3.42. The van der Waals surface area contributed by atoms with Crippen LogP contribution in [0, 0.1) is 23.7 Å². The van der Waals surface area contributed by atoms with Gasteiger partial charge in [0.05, 0.1) is 53.3 Å². The van der Waals surface area contributed by atoms with E-state index < -0.39 is 112 Å². The van der Waals surface area contributed by atoms with Crippen LogP contribution in [0.15, 0.2) is 41.2 Å². The van der Waals surface area contributed by atoms with E-state index in [1.54, 1.807) is 70.3 Å². The Morgan fingerprint density at radius 2 is 1.56 bits per heavy atom. The number of cyclic esters (lactones) is 1. The normalized spacial score (nSPS) is 37.8. The van der Waals surface area contributed by atoms with E-state index in [0.717, 1.165) is 11.3 Å². The Kier molecular flexibility index (Phi) is 23.9. The maximum Gasteiger partial charge on any atom is 0.312 e. The lowest BCUT2D eigenvalue weighted by Crippen LogP contribution is -2.60. The highest BCUT2D eigenvalue weighted by Gasteiger charge is 2.53. The quantitative estimate of drug-likeness (QED) is 0.0363. The van der Waals surface area contributed by atoms with Crippen LogP contribution in [0.1, 0.15) is 113 Å². The molecule has 444 valence electrons. The minimum absolute atomic E-state index is 0.0640. The zero-order valence-corrected chi connectivity index (χ0v) is 50.7. The summed E-state index contributed by atoms with van der Waals surface area (Å²) in [6.45, 7) is 23.3. The minimum Gasteiger partial charge on any atom is -0.448 e. The van der Waals surface area contributed by atoms with Gasteiger partial charge in [0.25, 0.3) is 0 Å². The number of piperazine rings is 1. The van der Waals surface area contributed by atoms with Crippen LogP contribution in [0.2, 0.25) is 0 Å². The lowest BCUT2D eigenvalue weighted by atomic mass is 9.74. The second kappa shape index (κ2) is 28.3. The molecule has 5 rings (SSSR count). The van der Waals surface area contributed by atoms with Gasteiger partial charge in [0.15, 0.2) is 16.7 Å². The molecule has 5 N–H and O–H groups in total. The van der Waals surface area contributed by atoms with Gasteiger partial charge in [-0.2, -0.15) is 0 Å². The summed E-state index contributed by atoms with van der Waals surface area (Å²) in [5, 5.41) is 35.6. The first-order chi connectivity index (χ1) is 36.6. The molecule has 4 saturated heterocycles. The van der Waals surface area contributed by atoms with Crippen LogP contribution in [-0.4, -0.2) is 204 Å². The monoisotopic (exact) mass is 1220 g/mol. The first-order valence-electron chi connectivity index (χ1n) is 27.4. The van der Waals surface area contributed by atoms with E-state index >= 15 is 0 Å². The van der Waals surface area contributed by atoms with Crippen LogP contribution in [0.5, 0.6) is 0 Å². The number of methoxy groups -OCH3 is 3. The van der Waals surface area contributed by atoms with Gasteiger partial charge in [-0.15, -0.1) is 0 Å². The minimum atomic E-state index is -2.02. The molecule has 0 radical (unpaired) electrons. The number of rotatable bonds is 18. The molecule has 0 spiro atoms. The molecule has 1 aromatic carbocycles. The summed E-state index contributed by atoms with van der Waals surface area (Å²) in [7, 11) is 6.55. The maximum atomic E-state index is 15.0. The predicted octanol–water partition coefficient (Wildman–Crippen LogP) is 5.32. The molecule has 19 atom stereocenters. The number of aliphatic hydroxyl groups is 3. The van der Waals surface area contributed by atoms with Crippen LogP contribution >= 0.6 is 22.6 Å². The number of hydrogen-bond donors (Lipinski definition) is 4. The van der Waals surface area contributed by atoms with Crippen molar-refractivity contribution in [3.8, 4) is 0 Å². The Morgan fingerprint density at radius 3 is 2.13 bits per heavy atom. The summed E-state index contributed by atoms with van der Waals surface area (Å²) in [4.78, 5) is 51.0. The summed E-state index contributed by atoms with van der Waals surface area (Å²) in [6, 6.07) is 6.81. The molecule has 1 aromatic rings. The van der Waals surface area contributed by atoms with E-state index in [2.05, 4.69) is 21.5 Å². The van der Waals surface area contributed by atoms with Crippen molar-refractivity contribution in [2.75, 3.05) is 72.7 Å². The van der Waals surface area contributed by atoms with E-state index in [9.17, 15) is 34.1 Å². The molecule has 0 aliphatic carbocycles. The smallest absolute Gasteiger partial charge is 0.312 e. The Hall–Kier alpha value is -2.98. The van der Waals surface area contributed by atoms with Gasteiger partial charge in [0, 0.05) is 116 Å². The third kappa shape index (κ3) is 15.6. The first kappa shape index (κ1) is 65.8. The van der Waals surface area contributed by atoms with E-state index in [-0.39, 0.29) is 36.7 Å². The largest absolute Gasteiger partial charge is 0.448 e. The molecular weight excluding hydrogens is 1130 g/mol. The number of nitrogens with zero attached hydrogens (tertiary/aromatic N) is 5. The molecule has 0 saturated carbocycles. The Bertz CT molecular complexity index is 2160. The van der Waals surface area contributed by atoms with Crippen LogP contribution in [0.25, 0.3) is 0 Å². The molecule has 0 bridgehead atoms. The number of anilines is 1. The number of halogens is 2. The van der Waals surface area contributed by atoms with Crippen molar-refractivity contribution in [3.63, 3.8) is 0 Å². The van der Waals surface area contributed by atoms with Gasteiger partial charge in [-0.1, -0.05) is 32.9 Å². The van der Waals surface area contributed by atoms with Crippen molar-refractivity contribution in [1.82, 2.24) is 14.8 Å². The summed E-state index contributed by atoms with van der Waals surface area (Å²) in [6.07, 6.45) is -4.76. The van der Waals surface area contributed by atoms with Crippen LogP contribution < -0.4 is 10.7 Å². The summed E-state index contributed by atoms with van der Waals surface area (Å²) in [5.74, 6) is 2.06. The van der Waals surface area contributed by atoms with Crippen LogP contribution in [0.3, 0.4) is 0 Å². The van der Waals surface area contributed by atoms with Crippen molar-refractivity contribution in [2.45, 2.75) is 190 Å². The molecule has 78 heavy (non-hydrogen) atoms. The number of hydrogen-bond acceptors (Lipinski definition) is 19. The van der Waals surface area contributed by atoms with Crippen molar-refractivity contribution >= 4 is 52.7 Å². The third-order valence-electron chi connectivity index (χ3n) is 17.2.